The van der Waals surface area contributed by atoms with Gasteiger partial charge in [0.15, 0.2) is 5.65 Å². The van der Waals surface area contributed by atoms with Crippen LogP contribution in [0.5, 0.6) is 0 Å². The van der Waals surface area contributed by atoms with Crippen molar-refractivity contribution in [1.29, 1.82) is 5.26 Å². The number of fused-ring (bicyclic) bond motifs is 1. The van der Waals surface area contributed by atoms with Crippen molar-refractivity contribution in [1.82, 2.24) is 29.4 Å². The average Bonchev–Trinajstić information content (AvgIpc) is 2.95. The number of aromatic nitrogens is 6. The van der Waals surface area contributed by atoms with E-state index in [1.165, 1.54) is 21.6 Å². The minimum Gasteiger partial charge on any atom is -0.294 e. The first kappa shape index (κ1) is 11.2. The number of aryl methyl sites for hydroxylation is 1. The van der Waals surface area contributed by atoms with Crippen LogP contribution in [0.2, 0.25) is 0 Å². The third kappa shape index (κ3) is 1.97. The minimum atomic E-state index is -0.186. The fraction of sp³-hybridized carbons (Fsp3) is 0.182. The van der Waals surface area contributed by atoms with Crippen molar-refractivity contribution in [3.05, 3.63) is 46.0 Å². The van der Waals surface area contributed by atoms with Crippen molar-refractivity contribution in [3.8, 4) is 6.07 Å². The van der Waals surface area contributed by atoms with Crippen LogP contribution in [0.25, 0.3) is 5.65 Å². The van der Waals surface area contributed by atoms with Crippen molar-refractivity contribution < 1.29 is 0 Å². The number of rotatable bonds is 2. The molecule has 0 bridgehead atoms. The Morgan fingerprint density at radius 3 is 3.05 bits per heavy atom. The first-order valence-corrected chi connectivity index (χ1v) is 5.53. The summed E-state index contributed by atoms with van der Waals surface area (Å²) in [6, 6.07) is 5.06. The van der Waals surface area contributed by atoms with Gasteiger partial charge in [-0.2, -0.15) is 5.26 Å². The summed E-state index contributed by atoms with van der Waals surface area (Å²) >= 11 is 0. The zero-order valence-electron chi connectivity index (χ0n) is 10.0. The second kappa shape index (κ2) is 4.06. The van der Waals surface area contributed by atoms with Gasteiger partial charge in [-0.05, 0) is 6.92 Å². The van der Waals surface area contributed by atoms with E-state index in [9.17, 15) is 4.79 Å². The van der Waals surface area contributed by atoms with Gasteiger partial charge in [-0.15, -0.1) is 5.10 Å². The van der Waals surface area contributed by atoms with Crippen molar-refractivity contribution in [3.63, 3.8) is 0 Å². The van der Waals surface area contributed by atoms with Crippen LogP contribution in [0.15, 0.2) is 23.3 Å². The Kier molecular flexibility index (Phi) is 2.38. The van der Waals surface area contributed by atoms with Gasteiger partial charge in [0.25, 0.3) is 11.4 Å². The Morgan fingerprint density at radius 1 is 1.47 bits per heavy atom. The van der Waals surface area contributed by atoms with Crippen LogP contribution in [-0.2, 0) is 6.54 Å². The van der Waals surface area contributed by atoms with Crippen molar-refractivity contribution >= 4 is 5.65 Å². The Hall–Kier alpha value is -2.95. The summed E-state index contributed by atoms with van der Waals surface area (Å²) in [5.41, 5.74) is 1.79. The van der Waals surface area contributed by atoms with E-state index in [-0.39, 0.29) is 11.4 Å². The molecule has 19 heavy (non-hydrogen) atoms. The highest BCUT2D eigenvalue weighted by Crippen LogP contribution is 2.02. The number of hydrogen-bond donors (Lipinski definition) is 1. The molecule has 3 rings (SSSR count). The van der Waals surface area contributed by atoms with E-state index in [1.54, 1.807) is 6.07 Å². The molecule has 0 atom stereocenters. The van der Waals surface area contributed by atoms with Gasteiger partial charge in [0, 0.05) is 17.8 Å². The maximum Gasteiger partial charge on any atom is 0.272 e. The number of nitriles is 1. The molecule has 0 amide bonds. The molecule has 1 N–H and O–H groups in total. The molecule has 3 heterocycles. The molecular weight excluding hydrogens is 246 g/mol. The highest BCUT2D eigenvalue weighted by Gasteiger charge is 2.06. The number of hydrogen-bond acceptors (Lipinski definition) is 5. The molecule has 0 radical (unpaired) electrons. The molecule has 8 heteroatoms. The molecule has 0 saturated heterocycles. The van der Waals surface area contributed by atoms with E-state index in [0.717, 1.165) is 5.69 Å². The zero-order chi connectivity index (χ0) is 13.4. The fourth-order valence-corrected chi connectivity index (χ4v) is 1.83. The van der Waals surface area contributed by atoms with E-state index in [1.807, 2.05) is 13.0 Å². The van der Waals surface area contributed by atoms with E-state index >= 15 is 0 Å². The number of nitrogens with zero attached hydrogens (tertiary/aromatic N) is 6. The quantitative estimate of drug-likeness (QED) is 0.685. The van der Waals surface area contributed by atoms with Gasteiger partial charge in [0.05, 0.1) is 12.2 Å². The molecule has 0 aliphatic rings. The van der Waals surface area contributed by atoms with Gasteiger partial charge >= 0.3 is 0 Å². The van der Waals surface area contributed by atoms with Crippen LogP contribution >= 0.6 is 0 Å². The predicted molar refractivity (Wildman–Crippen MR) is 64.4 cm³/mol. The molecule has 0 unspecified atom stereocenters. The molecule has 0 aliphatic carbocycles. The lowest BCUT2D eigenvalue weighted by molar-refractivity contribution is 0.665. The Labute approximate surface area is 106 Å². The lowest BCUT2D eigenvalue weighted by Crippen LogP contribution is -2.17. The van der Waals surface area contributed by atoms with Gasteiger partial charge in [-0.25, -0.2) is 19.2 Å². The van der Waals surface area contributed by atoms with Crippen LogP contribution in [-0.4, -0.2) is 29.4 Å². The van der Waals surface area contributed by atoms with Crippen LogP contribution in [0.1, 0.15) is 17.2 Å². The third-order valence-electron chi connectivity index (χ3n) is 2.59. The highest BCUT2D eigenvalue weighted by molar-refractivity contribution is 5.39. The summed E-state index contributed by atoms with van der Waals surface area (Å²) in [7, 11) is 0. The number of aromatic amines is 1. The largest absolute Gasteiger partial charge is 0.294 e. The van der Waals surface area contributed by atoms with Crippen LogP contribution in [0.3, 0.4) is 0 Å². The Balaban J connectivity index is 2.01. The van der Waals surface area contributed by atoms with E-state index in [2.05, 4.69) is 20.2 Å². The summed E-state index contributed by atoms with van der Waals surface area (Å²) in [6.45, 7) is 2.15. The second-order valence-corrected chi connectivity index (χ2v) is 4.10. The monoisotopic (exact) mass is 255 g/mol. The molecule has 3 aromatic rings. The van der Waals surface area contributed by atoms with Gasteiger partial charge in [0.1, 0.15) is 12.4 Å². The average molecular weight is 255 g/mol. The summed E-state index contributed by atoms with van der Waals surface area (Å²) < 4.78 is 2.84. The predicted octanol–water partition coefficient (Wildman–Crippen LogP) is -0.158. The smallest absolute Gasteiger partial charge is 0.272 e. The van der Waals surface area contributed by atoms with Crippen LogP contribution in [0.4, 0.5) is 0 Å². The van der Waals surface area contributed by atoms with Crippen molar-refractivity contribution in [2.75, 3.05) is 0 Å². The zero-order valence-corrected chi connectivity index (χ0v) is 10.0. The summed E-state index contributed by atoms with van der Waals surface area (Å²) in [4.78, 5) is 20.0. The molecule has 0 fully saturated rings. The summed E-state index contributed by atoms with van der Waals surface area (Å²) in [6.07, 6.45) is 1.43. The number of nitrogens with one attached hydrogen (secondary N) is 1. The standard InChI is InChI=1S/C11H9N7O/c1-7-2-10-14-8(3-11(19)18(10)15-7)5-17-6-13-9(4-12)16-17/h2-3,6,15H,5H2,1H3. The van der Waals surface area contributed by atoms with E-state index in [0.29, 0.717) is 17.9 Å². The lowest BCUT2D eigenvalue weighted by atomic mass is 10.4. The van der Waals surface area contributed by atoms with Gasteiger partial charge in [0.2, 0.25) is 0 Å². The third-order valence-corrected chi connectivity index (χ3v) is 2.59. The van der Waals surface area contributed by atoms with E-state index < -0.39 is 0 Å². The maximum absolute atomic E-state index is 11.9. The highest BCUT2D eigenvalue weighted by atomic mass is 16.1. The van der Waals surface area contributed by atoms with Gasteiger partial charge in [-0.3, -0.25) is 9.89 Å². The molecule has 0 saturated carbocycles. The maximum atomic E-state index is 11.9. The number of H-pyrrole nitrogens is 1. The first-order chi connectivity index (χ1) is 9.15. The summed E-state index contributed by atoms with van der Waals surface area (Å²) in [5.74, 6) is 0.0929. The molecule has 0 aromatic carbocycles. The first-order valence-electron chi connectivity index (χ1n) is 5.53. The summed E-state index contributed by atoms with van der Waals surface area (Å²) in [5, 5.41) is 15.5. The topological polar surface area (TPSA) is 105 Å². The lowest BCUT2D eigenvalue weighted by Gasteiger charge is -2.00. The molecule has 0 aliphatic heterocycles. The van der Waals surface area contributed by atoms with Gasteiger partial charge in [-0.1, -0.05) is 0 Å². The molecule has 94 valence electrons. The Morgan fingerprint density at radius 2 is 2.32 bits per heavy atom. The van der Waals surface area contributed by atoms with Crippen LogP contribution < -0.4 is 5.56 Å². The van der Waals surface area contributed by atoms with Gasteiger partial charge < -0.3 is 0 Å². The normalized spacial score (nSPS) is 10.7. The van der Waals surface area contributed by atoms with E-state index in [4.69, 9.17) is 5.26 Å². The molecule has 8 nitrogen and oxygen atoms in total. The second-order valence-electron chi connectivity index (χ2n) is 4.10. The SMILES string of the molecule is Cc1cc2nc(Cn3cnc(C#N)n3)cc(=O)n2[nH]1. The Bertz CT molecular complexity index is 848. The van der Waals surface area contributed by atoms with Crippen molar-refractivity contribution in [2.24, 2.45) is 0 Å². The fourth-order valence-electron chi connectivity index (χ4n) is 1.83. The molecular formula is C11H9N7O. The van der Waals surface area contributed by atoms with Crippen molar-refractivity contribution in [2.45, 2.75) is 13.5 Å². The minimum absolute atomic E-state index is 0.0929. The van der Waals surface area contributed by atoms with Crippen LogP contribution in [0, 0.1) is 18.3 Å². The molecule has 0 spiro atoms. The molecule has 3 aromatic heterocycles.